The molecule has 1 heterocycles. The summed E-state index contributed by atoms with van der Waals surface area (Å²) in [6, 6.07) is 5.95. The van der Waals surface area contributed by atoms with E-state index in [2.05, 4.69) is 26.2 Å². The Kier molecular flexibility index (Phi) is 4.56. The highest BCUT2D eigenvalue weighted by Crippen LogP contribution is 2.28. The Bertz CT molecular complexity index is 578. The zero-order valence-corrected chi connectivity index (χ0v) is 14.2. The summed E-state index contributed by atoms with van der Waals surface area (Å²) < 4.78 is 1.03. The summed E-state index contributed by atoms with van der Waals surface area (Å²) in [6.07, 6.45) is 0. The van der Waals surface area contributed by atoms with Gasteiger partial charge in [0.1, 0.15) is 0 Å². The van der Waals surface area contributed by atoms with Crippen LogP contribution in [0.1, 0.15) is 26.3 Å². The van der Waals surface area contributed by atoms with Crippen LogP contribution in [0.15, 0.2) is 27.7 Å². The molecule has 1 aromatic rings. The van der Waals surface area contributed by atoms with Crippen molar-refractivity contribution in [2.24, 2.45) is 16.1 Å². The minimum atomic E-state index is -0.376. The lowest BCUT2D eigenvalue weighted by molar-refractivity contribution is -0.128. The number of aliphatic imine (C=N–C) groups is 1. The molecule has 3 N–H and O–H groups in total. The number of nitrogens with zero attached hydrogens (tertiary/aromatic N) is 2. The van der Waals surface area contributed by atoms with Gasteiger partial charge < -0.3 is 16.0 Å². The Morgan fingerprint density at radius 1 is 1.48 bits per heavy atom. The summed E-state index contributed by atoms with van der Waals surface area (Å²) >= 11 is 3.46. The van der Waals surface area contributed by atoms with Crippen molar-refractivity contribution in [2.75, 3.05) is 13.1 Å². The first-order chi connectivity index (χ1) is 9.77. The van der Waals surface area contributed by atoms with Crippen molar-refractivity contribution in [1.82, 2.24) is 10.2 Å². The minimum Gasteiger partial charge on any atom is -0.369 e. The fourth-order valence-electron chi connectivity index (χ4n) is 2.03. The van der Waals surface area contributed by atoms with Crippen LogP contribution < -0.4 is 11.1 Å². The van der Waals surface area contributed by atoms with Crippen molar-refractivity contribution in [1.29, 1.82) is 0 Å². The zero-order valence-electron chi connectivity index (χ0n) is 12.6. The van der Waals surface area contributed by atoms with Gasteiger partial charge in [0.25, 0.3) is 0 Å². The fraction of sp³-hybridized carbons (Fsp3) is 0.467. The molecule has 0 aliphatic carbocycles. The Morgan fingerprint density at radius 2 is 2.19 bits per heavy atom. The van der Waals surface area contributed by atoms with Crippen molar-refractivity contribution in [3.05, 3.63) is 28.2 Å². The van der Waals surface area contributed by atoms with Crippen LogP contribution in [0.5, 0.6) is 0 Å². The molecule has 5 nitrogen and oxygen atoms in total. The average Bonchev–Trinajstić information content (AvgIpc) is 2.38. The molecule has 114 valence electrons. The second-order valence-corrected chi connectivity index (χ2v) is 7.09. The maximum absolute atomic E-state index is 11.8. The largest absolute Gasteiger partial charge is 0.369 e. The Labute approximate surface area is 133 Å². The maximum Gasteiger partial charge on any atom is 0.225 e. The fourth-order valence-corrected chi connectivity index (χ4v) is 2.44. The number of amides is 1. The van der Waals surface area contributed by atoms with Crippen molar-refractivity contribution < 1.29 is 4.79 Å². The number of hydrogen-bond acceptors (Lipinski definition) is 4. The molecule has 1 aliphatic rings. The Morgan fingerprint density at radius 3 is 2.86 bits per heavy atom. The summed E-state index contributed by atoms with van der Waals surface area (Å²) in [5, 5.41) is 2.93. The molecular weight excluding hydrogens is 332 g/mol. The highest BCUT2D eigenvalue weighted by molar-refractivity contribution is 9.10. The Hall–Kier alpha value is -1.56. The summed E-state index contributed by atoms with van der Waals surface area (Å²) in [7, 11) is 0. The lowest BCUT2D eigenvalue weighted by atomic mass is 9.96. The lowest BCUT2D eigenvalue weighted by Gasteiger charge is -2.28. The molecule has 1 aliphatic heterocycles. The van der Waals surface area contributed by atoms with E-state index in [0.717, 1.165) is 15.7 Å². The summed E-state index contributed by atoms with van der Waals surface area (Å²) in [6.45, 7) is 7.58. The average molecular weight is 353 g/mol. The number of nitrogens with two attached hydrogens (primary N) is 1. The van der Waals surface area contributed by atoms with E-state index in [-0.39, 0.29) is 11.3 Å². The van der Waals surface area contributed by atoms with Gasteiger partial charge in [0.15, 0.2) is 5.96 Å². The number of nitrogens with one attached hydrogen (secondary N) is 1. The summed E-state index contributed by atoms with van der Waals surface area (Å²) in [4.78, 5) is 18.2. The first-order valence-electron chi connectivity index (χ1n) is 6.93. The van der Waals surface area contributed by atoms with Gasteiger partial charge in [0, 0.05) is 29.5 Å². The SMILES string of the molecule is CC(C)(C)C(=O)NCCN1Cc2cc(Br)ccc2N=C1N. The van der Waals surface area contributed by atoms with Crippen molar-refractivity contribution >= 4 is 33.5 Å². The van der Waals surface area contributed by atoms with Gasteiger partial charge >= 0.3 is 0 Å². The van der Waals surface area contributed by atoms with Crippen molar-refractivity contribution in [3.8, 4) is 0 Å². The van der Waals surface area contributed by atoms with E-state index in [1.807, 2.05) is 43.9 Å². The summed E-state index contributed by atoms with van der Waals surface area (Å²) in [5.74, 6) is 0.535. The number of benzene rings is 1. The first kappa shape index (κ1) is 15.8. The van der Waals surface area contributed by atoms with Crippen molar-refractivity contribution in [3.63, 3.8) is 0 Å². The van der Waals surface area contributed by atoms with Gasteiger partial charge in [-0.15, -0.1) is 0 Å². The van der Waals surface area contributed by atoms with Gasteiger partial charge in [-0.3, -0.25) is 4.79 Å². The molecule has 0 fully saturated rings. The molecule has 0 bridgehead atoms. The molecule has 6 heteroatoms. The van der Waals surface area contributed by atoms with Crippen molar-refractivity contribution in [2.45, 2.75) is 27.3 Å². The van der Waals surface area contributed by atoms with E-state index in [4.69, 9.17) is 5.73 Å². The van der Waals surface area contributed by atoms with Crippen LogP contribution in [-0.4, -0.2) is 29.9 Å². The van der Waals surface area contributed by atoms with Gasteiger partial charge in [-0.25, -0.2) is 4.99 Å². The summed E-state index contributed by atoms with van der Waals surface area (Å²) in [5.41, 5.74) is 7.64. The van der Waals surface area contributed by atoms with Crippen LogP contribution in [0.2, 0.25) is 0 Å². The molecule has 0 unspecified atom stereocenters. The Balaban J connectivity index is 1.96. The van der Waals surface area contributed by atoms with E-state index in [0.29, 0.717) is 25.6 Å². The number of carbonyl (C=O) groups excluding carboxylic acids is 1. The number of fused-ring (bicyclic) bond motifs is 1. The highest BCUT2D eigenvalue weighted by atomic mass is 79.9. The molecule has 0 saturated heterocycles. The van der Waals surface area contributed by atoms with Crippen LogP contribution >= 0.6 is 15.9 Å². The van der Waals surface area contributed by atoms with Gasteiger partial charge in [-0.05, 0) is 23.8 Å². The molecular formula is C15H21BrN4O. The minimum absolute atomic E-state index is 0.0400. The van der Waals surface area contributed by atoms with E-state index < -0.39 is 0 Å². The van der Waals surface area contributed by atoms with E-state index in [1.165, 1.54) is 0 Å². The number of hydrogen-bond donors (Lipinski definition) is 2. The topological polar surface area (TPSA) is 70.7 Å². The quantitative estimate of drug-likeness (QED) is 0.877. The zero-order chi connectivity index (χ0) is 15.6. The molecule has 0 aromatic heterocycles. The monoisotopic (exact) mass is 352 g/mol. The van der Waals surface area contributed by atoms with E-state index in [1.54, 1.807) is 0 Å². The number of halogens is 1. The maximum atomic E-state index is 11.8. The van der Waals surface area contributed by atoms with E-state index in [9.17, 15) is 4.79 Å². The number of rotatable bonds is 3. The lowest BCUT2D eigenvalue weighted by Crippen LogP contribution is -2.44. The second kappa shape index (κ2) is 6.05. The predicted octanol–water partition coefficient (Wildman–Crippen LogP) is 2.37. The molecule has 0 spiro atoms. The number of guanidine groups is 1. The van der Waals surface area contributed by atoms with Gasteiger partial charge in [-0.2, -0.15) is 0 Å². The highest BCUT2D eigenvalue weighted by Gasteiger charge is 2.22. The third-order valence-corrected chi connectivity index (χ3v) is 3.80. The molecule has 1 aromatic carbocycles. The molecule has 21 heavy (non-hydrogen) atoms. The van der Waals surface area contributed by atoms with Gasteiger partial charge in [-0.1, -0.05) is 36.7 Å². The first-order valence-corrected chi connectivity index (χ1v) is 7.72. The molecule has 2 rings (SSSR count). The molecule has 0 saturated carbocycles. The third-order valence-electron chi connectivity index (χ3n) is 3.31. The third kappa shape index (κ3) is 3.97. The predicted molar refractivity (Wildman–Crippen MR) is 88.3 cm³/mol. The number of carbonyl (C=O) groups is 1. The normalized spacial score (nSPS) is 14.5. The molecule has 0 atom stereocenters. The van der Waals surface area contributed by atoms with Gasteiger partial charge in [0.2, 0.25) is 5.91 Å². The van der Waals surface area contributed by atoms with Crippen LogP contribution in [0.4, 0.5) is 5.69 Å². The van der Waals surface area contributed by atoms with E-state index >= 15 is 0 Å². The second-order valence-electron chi connectivity index (χ2n) is 6.17. The standard InChI is InChI=1S/C15H21BrN4O/c1-15(2,3)13(21)18-6-7-20-9-10-8-11(16)4-5-12(10)19-14(20)17/h4-5,8H,6-7,9H2,1-3H3,(H2,17,19)(H,18,21). The smallest absolute Gasteiger partial charge is 0.225 e. The van der Waals surface area contributed by atoms with Crippen LogP contribution in [0.3, 0.4) is 0 Å². The molecule has 1 amide bonds. The molecule has 0 radical (unpaired) electrons. The van der Waals surface area contributed by atoms with Crippen LogP contribution in [0, 0.1) is 5.41 Å². The van der Waals surface area contributed by atoms with Gasteiger partial charge in [0.05, 0.1) is 5.69 Å². The van der Waals surface area contributed by atoms with Crippen LogP contribution in [0.25, 0.3) is 0 Å². The van der Waals surface area contributed by atoms with Crippen LogP contribution in [-0.2, 0) is 11.3 Å².